The zero-order valence-electron chi connectivity index (χ0n) is 8.81. The van der Waals surface area contributed by atoms with Crippen LogP contribution in [0.4, 0.5) is 4.79 Å². The molecule has 0 aromatic heterocycles. The number of nitrogens with zero attached hydrogens (tertiary/aromatic N) is 1. The Hall–Kier alpha value is -1.11. The third-order valence-electron chi connectivity index (χ3n) is 3.03. The van der Waals surface area contributed by atoms with Crippen LogP contribution in [0, 0.1) is 0 Å². The molecule has 0 saturated carbocycles. The molecule has 1 N–H and O–H groups in total. The average Bonchev–Trinajstić information content (AvgIpc) is 2.50. The largest absolute Gasteiger partial charge is 0.324 e. The SMILES string of the molecule is O=C1CCN(CC2CCCS2(=O)=O)C(=O)N1. The first kappa shape index (κ1) is 11.4. The molecule has 0 aromatic carbocycles. The summed E-state index contributed by atoms with van der Waals surface area (Å²) >= 11 is 0. The van der Waals surface area contributed by atoms with E-state index >= 15 is 0 Å². The molecule has 2 rings (SSSR count). The Labute approximate surface area is 93.9 Å². The summed E-state index contributed by atoms with van der Waals surface area (Å²) in [6, 6.07) is -0.474. The van der Waals surface area contributed by atoms with Crippen molar-refractivity contribution in [3.05, 3.63) is 0 Å². The summed E-state index contributed by atoms with van der Waals surface area (Å²) in [6.07, 6.45) is 1.53. The molecular formula is C9H14N2O4S. The third-order valence-corrected chi connectivity index (χ3v) is 5.29. The van der Waals surface area contributed by atoms with Gasteiger partial charge < -0.3 is 4.90 Å². The molecule has 0 bridgehead atoms. The first-order valence-corrected chi connectivity index (χ1v) is 7.01. The maximum absolute atomic E-state index is 11.6. The predicted molar refractivity (Wildman–Crippen MR) is 56.5 cm³/mol. The maximum Gasteiger partial charge on any atom is 0.324 e. The van der Waals surface area contributed by atoms with Crippen molar-refractivity contribution in [1.82, 2.24) is 10.2 Å². The predicted octanol–water partition coefficient (Wildman–Crippen LogP) is -0.494. The van der Waals surface area contributed by atoms with E-state index in [9.17, 15) is 18.0 Å². The van der Waals surface area contributed by atoms with Gasteiger partial charge in [0.05, 0.1) is 11.0 Å². The number of carbonyl (C=O) groups excluding carboxylic acids is 2. The molecule has 7 heteroatoms. The van der Waals surface area contributed by atoms with Crippen LogP contribution in [-0.4, -0.2) is 49.3 Å². The fourth-order valence-electron chi connectivity index (χ4n) is 2.08. The third kappa shape index (κ3) is 2.18. The second-order valence-corrected chi connectivity index (χ2v) is 6.58. The van der Waals surface area contributed by atoms with Gasteiger partial charge in [0.15, 0.2) is 9.84 Å². The van der Waals surface area contributed by atoms with Gasteiger partial charge in [0, 0.05) is 19.5 Å². The summed E-state index contributed by atoms with van der Waals surface area (Å²) in [5.74, 6) is -0.0815. The number of rotatable bonds is 2. The number of imide groups is 1. The molecule has 2 heterocycles. The lowest BCUT2D eigenvalue weighted by atomic mass is 10.2. The molecule has 0 spiro atoms. The van der Waals surface area contributed by atoms with Crippen molar-refractivity contribution >= 4 is 21.8 Å². The Bertz CT molecular complexity index is 417. The van der Waals surface area contributed by atoms with E-state index in [-0.39, 0.29) is 24.6 Å². The van der Waals surface area contributed by atoms with E-state index in [1.165, 1.54) is 4.90 Å². The van der Waals surface area contributed by atoms with E-state index in [1.54, 1.807) is 0 Å². The number of sulfone groups is 1. The van der Waals surface area contributed by atoms with Gasteiger partial charge in [-0.2, -0.15) is 0 Å². The highest BCUT2D eigenvalue weighted by atomic mass is 32.2. The van der Waals surface area contributed by atoms with Crippen LogP contribution in [0.1, 0.15) is 19.3 Å². The first-order valence-electron chi connectivity index (χ1n) is 5.29. The van der Waals surface area contributed by atoms with Crippen LogP contribution in [0.2, 0.25) is 0 Å². The quantitative estimate of drug-likeness (QED) is 0.712. The molecular weight excluding hydrogens is 232 g/mol. The van der Waals surface area contributed by atoms with Gasteiger partial charge in [-0.3, -0.25) is 10.1 Å². The van der Waals surface area contributed by atoms with Gasteiger partial charge in [-0.25, -0.2) is 13.2 Å². The molecule has 2 fully saturated rings. The minimum absolute atomic E-state index is 0.210. The zero-order chi connectivity index (χ0) is 11.8. The topological polar surface area (TPSA) is 83.6 Å². The Morgan fingerprint density at radius 3 is 2.69 bits per heavy atom. The van der Waals surface area contributed by atoms with Crippen molar-refractivity contribution in [2.45, 2.75) is 24.5 Å². The van der Waals surface area contributed by atoms with Crippen LogP contribution in [0.3, 0.4) is 0 Å². The molecule has 6 nitrogen and oxygen atoms in total. The van der Waals surface area contributed by atoms with Crippen LogP contribution >= 0.6 is 0 Å². The van der Waals surface area contributed by atoms with E-state index in [4.69, 9.17) is 0 Å². The van der Waals surface area contributed by atoms with Gasteiger partial charge in [0.25, 0.3) is 0 Å². The summed E-state index contributed by atoms with van der Waals surface area (Å²) in [4.78, 5) is 23.7. The standard InChI is InChI=1S/C9H14N2O4S/c12-8-3-4-11(9(13)10-8)6-7-2-1-5-16(7,14)15/h7H,1-6H2,(H,10,12,13). The fourth-order valence-corrected chi connectivity index (χ4v) is 3.92. The van der Waals surface area contributed by atoms with Crippen molar-refractivity contribution < 1.29 is 18.0 Å². The molecule has 16 heavy (non-hydrogen) atoms. The molecule has 1 unspecified atom stereocenters. The molecule has 90 valence electrons. The highest BCUT2D eigenvalue weighted by Gasteiger charge is 2.35. The van der Waals surface area contributed by atoms with Crippen LogP contribution < -0.4 is 5.32 Å². The lowest BCUT2D eigenvalue weighted by Gasteiger charge is -2.28. The highest BCUT2D eigenvalue weighted by molar-refractivity contribution is 7.92. The number of carbonyl (C=O) groups is 2. The smallest absolute Gasteiger partial charge is 0.323 e. The second kappa shape index (κ2) is 4.04. The number of nitrogens with one attached hydrogen (secondary N) is 1. The number of urea groups is 1. The highest BCUT2D eigenvalue weighted by Crippen LogP contribution is 2.21. The van der Waals surface area contributed by atoms with Gasteiger partial charge in [-0.1, -0.05) is 0 Å². The van der Waals surface area contributed by atoms with E-state index in [0.717, 1.165) is 0 Å². The van der Waals surface area contributed by atoms with E-state index < -0.39 is 21.1 Å². The van der Waals surface area contributed by atoms with E-state index in [1.807, 2.05) is 0 Å². The molecule has 2 saturated heterocycles. The lowest BCUT2D eigenvalue weighted by Crippen LogP contribution is -2.52. The first-order chi connectivity index (χ1) is 7.49. The Morgan fingerprint density at radius 2 is 2.12 bits per heavy atom. The normalized spacial score (nSPS) is 29.2. The van der Waals surface area contributed by atoms with Crippen LogP contribution in [0.25, 0.3) is 0 Å². The number of amides is 3. The van der Waals surface area contributed by atoms with Crippen LogP contribution in [0.5, 0.6) is 0 Å². The molecule has 0 aliphatic carbocycles. The molecule has 2 aliphatic heterocycles. The average molecular weight is 246 g/mol. The van der Waals surface area contributed by atoms with Crippen molar-refractivity contribution in [2.75, 3.05) is 18.8 Å². The van der Waals surface area contributed by atoms with E-state index in [2.05, 4.69) is 5.32 Å². The molecule has 3 amide bonds. The lowest BCUT2D eigenvalue weighted by molar-refractivity contribution is -0.121. The number of hydrogen-bond donors (Lipinski definition) is 1. The van der Waals surface area contributed by atoms with Gasteiger partial charge in [-0.15, -0.1) is 0 Å². The zero-order valence-corrected chi connectivity index (χ0v) is 9.62. The molecule has 0 radical (unpaired) electrons. The Morgan fingerprint density at radius 1 is 1.38 bits per heavy atom. The van der Waals surface area contributed by atoms with Crippen molar-refractivity contribution in [1.29, 1.82) is 0 Å². The van der Waals surface area contributed by atoms with Gasteiger partial charge >= 0.3 is 6.03 Å². The summed E-state index contributed by atoms with van der Waals surface area (Å²) in [7, 11) is -3.03. The minimum Gasteiger partial charge on any atom is -0.323 e. The van der Waals surface area contributed by atoms with Gasteiger partial charge in [-0.05, 0) is 12.8 Å². The van der Waals surface area contributed by atoms with Crippen LogP contribution in [0.15, 0.2) is 0 Å². The maximum atomic E-state index is 11.6. The summed E-state index contributed by atoms with van der Waals surface area (Å²) in [5, 5.41) is 1.73. The Kier molecular flexibility index (Phi) is 2.88. The minimum atomic E-state index is -3.03. The van der Waals surface area contributed by atoms with Crippen molar-refractivity contribution in [2.24, 2.45) is 0 Å². The second-order valence-electron chi connectivity index (χ2n) is 4.18. The van der Waals surface area contributed by atoms with Gasteiger partial charge in [0.1, 0.15) is 0 Å². The summed E-state index contributed by atoms with van der Waals surface area (Å²) < 4.78 is 23.2. The number of hydrogen-bond acceptors (Lipinski definition) is 4. The summed E-state index contributed by atoms with van der Waals surface area (Å²) in [6.45, 7) is 0.526. The van der Waals surface area contributed by atoms with Gasteiger partial charge in [0.2, 0.25) is 5.91 Å². The molecule has 2 aliphatic rings. The fraction of sp³-hybridized carbons (Fsp3) is 0.778. The monoisotopic (exact) mass is 246 g/mol. The molecule has 0 aromatic rings. The van der Waals surface area contributed by atoms with Crippen molar-refractivity contribution in [3.8, 4) is 0 Å². The Balaban J connectivity index is 2.00. The summed E-state index contributed by atoms with van der Waals surface area (Å²) in [5.41, 5.74) is 0. The van der Waals surface area contributed by atoms with Crippen molar-refractivity contribution in [3.63, 3.8) is 0 Å². The molecule has 1 atom stereocenters. The van der Waals surface area contributed by atoms with E-state index in [0.29, 0.717) is 19.4 Å². The van der Waals surface area contributed by atoms with Crippen LogP contribution in [-0.2, 0) is 14.6 Å².